The van der Waals surface area contributed by atoms with Gasteiger partial charge in [-0.25, -0.2) is 9.97 Å². The van der Waals surface area contributed by atoms with Crippen LogP contribution in [-0.2, 0) is 0 Å². The molecule has 0 aliphatic carbocycles. The lowest BCUT2D eigenvalue weighted by atomic mass is 10.1. The molecule has 1 amide bonds. The molecule has 3 N–H and O–H groups in total. The molecule has 1 radical (unpaired) electrons. The number of carbonyl (C=O) groups is 1. The van der Waals surface area contributed by atoms with Gasteiger partial charge in [-0.2, -0.15) is 0 Å². The first-order valence-corrected chi connectivity index (χ1v) is 5.67. The minimum Gasteiger partial charge on any atom is -0.364 e. The zero-order chi connectivity index (χ0) is 12.3. The molecule has 1 aliphatic rings. The molecule has 1 saturated heterocycles. The lowest BCUT2D eigenvalue weighted by Crippen LogP contribution is -2.42. The second-order valence-electron chi connectivity index (χ2n) is 4.08. The third-order valence-electron chi connectivity index (χ3n) is 3.01. The molecule has 1 aromatic rings. The van der Waals surface area contributed by atoms with Crippen LogP contribution in [0.1, 0.15) is 23.3 Å². The maximum absolute atomic E-state index is 11.0. The molecule has 6 nitrogen and oxygen atoms in total. The van der Waals surface area contributed by atoms with Gasteiger partial charge in [-0.3, -0.25) is 4.79 Å². The number of anilines is 1. The predicted octanol–water partition coefficient (Wildman–Crippen LogP) is -0.436. The average molecular weight is 234 g/mol. The third kappa shape index (κ3) is 2.71. The highest BCUT2D eigenvalue weighted by atomic mass is 16.1. The van der Waals surface area contributed by atoms with E-state index in [-0.39, 0.29) is 5.69 Å². The summed E-state index contributed by atoms with van der Waals surface area (Å²) in [5.74, 6) is -0.00846. The lowest BCUT2D eigenvalue weighted by molar-refractivity contribution is 0.0995. The van der Waals surface area contributed by atoms with E-state index < -0.39 is 5.91 Å². The minimum absolute atomic E-state index is 0.144. The molecule has 1 fully saturated rings. The van der Waals surface area contributed by atoms with Crippen molar-refractivity contribution in [1.29, 1.82) is 0 Å². The van der Waals surface area contributed by atoms with Crippen molar-refractivity contribution in [2.45, 2.75) is 18.9 Å². The monoisotopic (exact) mass is 234 g/mol. The van der Waals surface area contributed by atoms with E-state index in [1.165, 1.54) is 6.20 Å². The molecule has 91 valence electrons. The van der Waals surface area contributed by atoms with E-state index in [9.17, 15) is 4.79 Å². The topological polar surface area (TPSA) is 84.1 Å². The lowest BCUT2D eigenvalue weighted by Gasteiger charge is -2.31. The van der Waals surface area contributed by atoms with Gasteiger partial charge >= 0.3 is 0 Å². The molecule has 0 spiro atoms. The highest BCUT2D eigenvalue weighted by molar-refractivity contribution is 5.90. The van der Waals surface area contributed by atoms with Gasteiger partial charge in [-0.15, -0.1) is 0 Å². The molecule has 1 aromatic heterocycles. The summed E-state index contributed by atoms with van der Waals surface area (Å²) in [5.41, 5.74) is 5.31. The summed E-state index contributed by atoms with van der Waals surface area (Å²) in [6, 6.07) is 3.18. The fourth-order valence-corrected chi connectivity index (χ4v) is 1.96. The number of amides is 1. The third-order valence-corrected chi connectivity index (χ3v) is 3.01. The Kier molecular flexibility index (Phi) is 3.53. The van der Waals surface area contributed by atoms with Crippen LogP contribution in [0.5, 0.6) is 0 Å². The number of piperidine rings is 1. The van der Waals surface area contributed by atoms with E-state index in [2.05, 4.69) is 26.3 Å². The highest BCUT2D eigenvalue weighted by Crippen LogP contribution is 2.15. The van der Waals surface area contributed by atoms with Gasteiger partial charge in [0.15, 0.2) is 0 Å². The van der Waals surface area contributed by atoms with E-state index in [1.54, 1.807) is 0 Å². The second-order valence-corrected chi connectivity index (χ2v) is 4.08. The Morgan fingerprint density at radius 1 is 1.59 bits per heavy atom. The van der Waals surface area contributed by atoms with Crippen LogP contribution < -0.4 is 16.0 Å². The largest absolute Gasteiger partial charge is 0.364 e. The van der Waals surface area contributed by atoms with Crippen LogP contribution >= 0.6 is 0 Å². The number of rotatable bonds is 3. The van der Waals surface area contributed by atoms with Gasteiger partial charge in [0, 0.05) is 31.4 Å². The fraction of sp³-hybridized carbons (Fsp3) is 0.545. The molecule has 17 heavy (non-hydrogen) atoms. The van der Waals surface area contributed by atoms with Gasteiger partial charge in [-0.05, 0) is 19.9 Å². The van der Waals surface area contributed by atoms with E-state index in [4.69, 9.17) is 5.73 Å². The summed E-state index contributed by atoms with van der Waals surface area (Å²) in [4.78, 5) is 21.3. The van der Waals surface area contributed by atoms with Crippen LogP contribution in [0.25, 0.3) is 0 Å². The summed E-state index contributed by atoms with van der Waals surface area (Å²) >= 11 is 0. The number of carbonyl (C=O) groups excluding carboxylic acids is 1. The predicted molar refractivity (Wildman–Crippen MR) is 63.7 cm³/mol. The van der Waals surface area contributed by atoms with Gasteiger partial charge in [0.1, 0.15) is 5.69 Å². The molecule has 2 rings (SSSR count). The summed E-state index contributed by atoms with van der Waals surface area (Å²) in [6.45, 7) is 1.77. The van der Waals surface area contributed by atoms with Gasteiger partial charge in [0.05, 0.1) is 0 Å². The Hall–Kier alpha value is -1.69. The number of nitrogens with zero attached hydrogens (tertiary/aromatic N) is 3. The minimum atomic E-state index is -0.571. The van der Waals surface area contributed by atoms with Crippen molar-refractivity contribution in [1.82, 2.24) is 15.3 Å². The zero-order valence-corrected chi connectivity index (χ0v) is 9.81. The first kappa shape index (κ1) is 11.8. The smallest absolute Gasteiger partial charge is 0.268 e. The fourth-order valence-electron chi connectivity index (χ4n) is 1.96. The maximum Gasteiger partial charge on any atom is 0.268 e. The highest BCUT2D eigenvalue weighted by Gasteiger charge is 2.20. The van der Waals surface area contributed by atoms with E-state index in [1.807, 2.05) is 7.05 Å². The van der Waals surface area contributed by atoms with Crippen LogP contribution in [0.15, 0.2) is 6.20 Å². The van der Waals surface area contributed by atoms with E-state index in [0.29, 0.717) is 12.0 Å². The molecule has 6 heteroatoms. The summed E-state index contributed by atoms with van der Waals surface area (Å²) in [6.07, 6.45) is 3.54. The zero-order valence-electron chi connectivity index (χ0n) is 9.81. The number of hydrogen-bond acceptors (Lipinski definition) is 5. The molecular weight excluding hydrogens is 218 g/mol. The molecule has 0 aromatic carbocycles. The molecule has 1 aliphatic heterocycles. The quantitative estimate of drug-likeness (QED) is 0.741. The number of nitrogens with one attached hydrogen (secondary N) is 1. The Morgan fingerprint density at radius 2 is 2.29 bits per heavy atom. The number of nitrogens with two attached hydrogens (primary N) is 1. The van der Waals surface area contributed by atoms with Crippen LogP contribution in [0.3, 0.4) is 0 Å². The second kappa shape index (κ2) is 5.09. The van der Waals surface area contributed by atoms with E-state index in [0.717, 1.165) is 25.9 Å². The SMILES string of the molecule is CNC1CCN(c2nc[c]c(C(N)=O)n2)CC1. The number of hydrogen-bond donors (Lipinski definition) is 2. The van der Waals surface area contributed by atoms with E-state index >= 15 is 0 Å². The van der Waals surface area contributed by atoms with Crippen LogP contribution in [-0.4, -0.2) is 42.1 Å². The van der Waals surface area contributed by atoms with Gasteiger partial charge < -0.3 is 16.0 Å². The molecule has 0 unspecified atom stereocenters. The molecule has 2 heterocycles. The van der Waals surface area contributed by atoms with Crippen LogP contribution in [0.2, 0.25) is 0 Å². The molecular formula is C11H16N5O. The summed E-state index contributed by atoms with van der Waals surface area (Å²) < 4.78 is 0. The van der Waals surface area contributed by atoms with Crippen molar-refractivity contribution in [2.75, 3.05) is 25.0 Å². The Bertz CT molecular complexity index is 401. The first-order chi connectivity index (χ1) is 8.20. The Labute approximate surface area is 100 Å². The van der Waals surface area contributed by atoms with Gasteiger partial charge in [-0.1, -0.05) is 0 Å². The first-order valence-electron chi connectivity index (χ1n) is 5.67. The molecule has 0 saturated carbocycles. The van der Waals surface area contributed by atoms with Crippen molar-refractivity contribution in [3.05, 3.63) is 18.0 Å². The van der Waals surface area contributed by atoms with Crippen molar-refractivity contribution >= 4 is 11.9 Å². The Morgan fingerprint density at radius 3 is 2.88 bits per heavy atom. The number of aromatic nitrogens is 2. The van der Waals surface area contributed by atoms with Crippen molar-refractivity contribution in [2.24, 2.45) is 5.73 Å². The maximum atomic E-state index is 11.0. The normalized spacial score (nSPS) is 17.1. The van der Waals surface area contributed by atoms with Crippen molar-refractivity contribution in [3.8, 4) is 0 Å². The van der Waals surface area contributed by atoms with Gasteiger partial charge in [0.2, 0.25) is 5.95 Å². The summed E-state index contributed by atoms with van der Waals surface area (Å²) in [5, 5.41) is 3.26. The Balaban J connectivity index is 2.08. The average Bonchev–Trinajstić information content (AvgIpc) is 2.39. The molecule has 0 bridgehead atoms. The molecule has 0 atom stereocenters. The van der Waals surface area contributed by atoms with Crippen molar-refractivity contribution < 1.29 is 4.79 Å². The summed E-state index contributed by atoms with van der Waals surface area (Å²) in [7, 11) is 1.97. The van der Waals surface area contributed by atoms with Crippen LogP contribution in [0.4, 0.5) is 5.95 Å². The van der Waals surface area contributed by atoms with Gasteiger partial charge in [0.25, 0.3) is 5.91 Å². The van der Waals surface area contributed by atoms with Crippen LogP contribution in [0, 0.1) is 6.07 Å². The standard InChI is InChI=1S/C11H16N5O/c1-13-8-3-6-16(7-4-8)11-14-5-2-9(15-11)10(12)17/h5,8,13H,3-4,6-7H2,1H3,(H2,12,17). The van der Waals surface area contributed by atoms with Crippen molar-refractivity contribution in [3.63, 3.8) is 0 Å². The number of primary amides is 1.